The maximum Gasteiger partial charge on any atom is 0.261 e. The average molecular weight is 277 g/mol. The Morgan fingerprint density at radius 1 is 1.29 bits per heavy atom. The lowest BCUT2D eigenvalue weighted by Gasteiger charge is -2.20. The third kappa shape index (κ3) is 4.30. The summed E-state index contributed by atoms with van der Waals surface area (Å²) < 4.78 is 28.3. The van der Waals surface area contributed by atoms with E-state index in [4.69, 9.17) is 15.4 Å². The van der Waals surface area contributed by atoms with E-state index >= 15 is 0 Å². The Morgan fingerprint density at radius 2 is 1.88 bits per heavy atom. The minimum Gasteiger partial charge on any atom is -0.371 e. The van der Waals surface area contributed by atoms with Crippen LogP contribution in [0.2, 0.25) is 0 Å². The minimum atomic E-state index is -3.69. The zero-order chi connectivity index (χ0) is 13.3. The molecular formula is C12H17ClO3S. The molecule has 1 rings (SSSR count). The number of halogens is 1. The lowest BCUT2D eigenvalue weighted by Crippen LogP contribution is -2.19. The fourth-order valence-corrected chi connectivity index (χ4v) is 2.61. The van der Waals surface area contributed by atoms with Gasteiger partial charge >= 0.3 is 0 Å². The lowest BCUT2D eigenvalue weighted by atomic mass is 10.1. The molecule has 0 N–H and O–H groups in total. The Labute approximate surface area is 107 Å². The van der Waals surface area contributed by atoms with Crippen LogP contribution < -0.4 is 0 Å². The molecule has 1 aromatic rings. The smallest absolute Gasteiger partial charge is 0.261 e. The molecule has 3 nitrogen and oxygen atoms in total. The summed E-state index contributed by atoms with van der Waals surface area (Å²) >= 11 is 0. The summed E-state index contributed by atoms with van der Waals surface area (Å²) in [5, 5.41) is 0. The van der Waals surface area contributed by atoms with E-state index in [-0.39, 0.29) is 10.5 Å². The average Bonchev–Trinajstić information content (AvgIpc) is 2.13. The predicted molar refractivity (Wildman–Crippen MR) is 68.8 cm³/mol. The van der Waals surface area contributed by atoms with Crippen molar-refractivity contribution in [1.82, 2.24) is 0 Å². The van der Waals surface area contributed by atoms with E-state index in [1.54, 1.807) is 13.0 Å². The molecule has 96 valence electrons. The number of hydrogen-bond acceptors (Lipinski definition) is 3. The van der Waals surface area contributed by atoms with Gasteiger partial charge in [-0.2, -0.15) is 0 Å². The Kier molecular flexibility index (Phi) is 4.23. The maximum absolute atomic E-state index is 11.3. The highest BCUT2D eigenvalue weighted by molar-refractivity contribution is 8.13. The van der Waals surface area contributed by atoms with Gasteiger partial charge < -0.3 is 4.74 Å². The molecule has 0 aliphatic carbocycles. The van der Waals surface area contributed by atoms with Gasteiger partial charge in [0.05, 0.1) is 17.1 Å². The van der Waals surface area contributed by atoms with E-state index in [0.29, 0.717) is 12.2 Å². The summed E-state index contributed by atoms with van der Waals surface area (Å²) in [5.41, 5.74) is 1.22. The monoisotopic (exact) mass is 276 g/mol. The summed E-state index contributed by atoms with van der Waals surface area (Å²) in [6, 6.07) is 5.01. The fourth-order valence-electron chi connectivity index (χ4n) is 1.37. The van der Waals surface area contributed by atoms with Crippen molar-refractivity contribution < 1.29 is 13.2 Å². The normalized spacial score (nSPS) is 12.8. The van der Waals surface area contributed by atoms with Crippen LogP contribution in [-0.4, -0.2) is 14.0 Å². The largest absolute Gasteiger partial charge is 0.371 e. The van der Waals surface area contributed by atoms with Crippen molar-refractivity contribution in [3.05, 3.63) is 29.3 Å². The van der Waals surface area contributed by atoms with Crippen LogP contribution >= 0.6 is 10.7 Å². The van der Waals surface area contributed by atoms with E-state index in [2.05, 4.69) is 0 Å². The first kappa shape index (κ1) is 14.5. The zero-order valence-electron chi connectivity index (χ0n) is 10.5. The second-order valence-corrected chi connectivity index (χ2v) is 7.41. The van der Waals surface area contributed by atoms with Crippen LogP contribution in [0.25, 0.3) is 0 Å². The third-order valence-electron chi connectivity index (χ3n) is 2.32. The number of benzene rings is 1. The van der Waals surface area contributed by atoms with Gasteiger partial charge in [0.25, 0.3) is 9.05 Å². The summed E-state index contributed by atoms with van der Waals surface area (Å²) in [7, 11) is 1.66. The van der Waals surface area contributed by atoms with Crippen LogP contribution in [-0.2, 0) is 20.4 Å². The van der Waals surface area contributed by atoms with Crippen molar-refractivity contribution in [2.45, 2.75) is 44.8 Å². The highest BCUT2D eigenvalue weighted by Gasteiger charge is 2.17. The van der Waals surface area contributed by atoms with Crippen LogP contribution in [0, 0.1) is 6.92 Å². The van der Waals surface area contributed by atoms with Gasteiger partial charge in [-0.05, 0) is 44.9 Å². The molecule has 0 radical (unpaired) electrons. The molecule has 0 spiro atoms. The van der Waals surface area contributed by atoms with Gasteiger partial charge in [0.1, 0.15) is 0 Å². The van der Waals surface area contributed by atoms with E-state index < -0.39 is 9.05 Å². The van der Waals surface area contributed by atoms with Crippen LogP contribution in [0.3, 0.4) is 0 Å². The first-order valence-electron chi connectivity index (χ1n) is 5.28. The second kappa shape index (κ2) is 4.96. The molecule has 0 aromatic heterocycles. The standard InChI is InChI=1S/C12H17ClO3S/c1-9-10(8-16-12(2,3)4)6-5-7-11(9)17(13,14)15/h5-7H,8H2,1-4H3. The van der Waals surface area contributed by atoms with Gasteiger partial charge in [0.15, 0.2) is 0 Å². The number of rotatable bonds is 3. The number of ether oxygens (including phenoxy) is 1. The predicted octanol–water partition coefficient (Wildman–Crippen LogP) is 3.24. The second-order valence-electron chi connectivity index (χ2n) is 4.88. The van der Waals surface area contributed by atoms with Crippen LogP contribution in [0.5, 0.6) is 0 Å². The maximum atomic E-state index is 11.3. The van der Waals surface area contributed by atoms with E-state index in [1.807, 2.05) is 26.8 Å². The quantitative estimate of drug-likeness (QED) is 0.796. The summed E-state index contributed by atoms with van der Waals surface area (Å²) in [6.45, 7) is 7.95. The Bertz CT molecular complexity index is 501. The van der Waals surface area contributed by atoms with Crippen molar-refractivity contribution in [3.8, 4) is 0 Å². The Morgan fingerprint density at radius 3 is 2.35 bits per heavy atom. The molecule has 1 aromatic carbocycles. The highest BCUT2D eigenvalue weighted by Crippen LogP contribution is 2.23. The van der Waals surface area contributed by atoms with Crippen molar-refractivity contribution in [2.24, 2.45) is 0 Å². The molecule has 17 heavy (non-hydrogen) atoms. The molecule has 0 saturated heterocycles. The van der Waals surface area contributed by atoms with Crippen LogP contribution in [0.15, 0.2) is 23.1 Å². The van der Waals surface area contributed by atoms with Gasteiger partial charge in [-0.3, -0.25) is 0 Å². The van der Waals surface area contributed by atoms with Gasteiger partial charge in [0, 0.05) is 10.7 Å². The number of hydrogen-bond donors (Lipinski definition) is 0. The topological polar surface area (TPSA) is 43.4 Å². The zero-order valence-corrected chi connectivity index (χ0v) is 12.0. The molecule has 0 fully saturated rings. The van der Waals surface area contributed by atoms with Gasteiger partial charge in [-0.1, -0.05) is 12.1 Å². The first-order chi connectivity index (χ1) is 7.61. The van der Waals surface area contributed by atoms with Crippen LogP contribution in [0.1, 0.15) is 31.9 Å². The molecule has 5 heteroatoms. The molecule has 0 aliphatic rings. The van der Waals surface area contributed by atoms with Crippen molar-refractivity contribution in [1.29, 1.82) is 0 Å². The first-order valence-corrected chi connectivity index (χ1v) is 7.59. The molecule has 0 atom stereocenters. The minimum absolute atomic E-state index is 0.147. The summed E-state index contributed by atoms with van der Waals surface area (Å²) in [6.07, 6.45) is 0. The molecule has 0 amide bonds. The summed E-state index contributed by atoms with van der Waals surface area (Å²) in [4.78, 5) is 0.147. The van der Waals surface area contributed by atoms with Gasteiger partial charge in [0.2, 0.25) is 0 Å². The Balaban J connectivity index is 3.04. The van der Waals surface area contributed by atoms with Crippen molar-refractivity contribution in [2.75, 3.05) is 0 Å². The molecule has 0 bridgehead atoms. The highest BCUT2D eigenvalue weighted by atomic mass is 35.7. The van der Waals surface area contributed by atoms with Crippen molar-refractivity contribution in [3.63, 3.8) is 0 Å². The SMILES string of the molecule is Cc1c(COC(C)(C)C)cccc1S(=O)(=O)Cl. The molecule has 0 heterocycles. The van der Waals surface area contributed by atoms with Gasteiger partial charge in [-0.25, -0.2) is 8.42 Å². The van der Waals surface area contributed by atoms with E-state index in [9.17, 15) is 8.42 Å². The van der Waals surface area contributed by atoms with E-state index in [1.165, 1.54) is 6.07 Å². The lowest BCUT2D eigenvalue weighted by molar-refractivity contribution is -0.0152. The van der Waals surface area contributed by atoms with Crippen molar-refractivity contribution >= 4 is 19.7 Å². The van der Waals surface area contributed by atoms with Crippen LogP contribution in [0.4, 0.5) is 0 Å². The van der Waals surface area contributed by atoms with Gasteiger partial charge in [-0.15, -0.1) is 0 Å². The molecule has 0 saturated carbocycles. The summed E-state index contributed by atoms with van der Waals surface area (Å²) in [5.74, 6) is 0. The molecule has 0 aliphatic heterocycles. The molecule has 0 unspecified atom stereocenters. The Hall–Kier alpha value is -0.580. The molecular weight excluding hydrogens is 260 g/mol. The fraction of sp³-hybridized carbons (Fsp3) is 0.500. The third-order valence-corrected chi connectivity index (χ3v) is 3.79. The van der Waals surface area contributed by atoms with E-state index in [0.717, 1.165) is 5.56 Å².